The van der Waals surface area contributed by atoms with Gasteiger partial charge in [0.25, 0.3) is 0 Å². The Labute approximate surface area is 187 Å². The average molecular weight is 438 g/mol. The molecular weight excluding hydrogens is 413 g/mol. The van der Waals surface area contributed by atoms with Crippen molar-refractivity contribution < 1.29 is 9.13 Å². The maximum absolute atomic E-state index is 13.5. The Balaban J connectivity index is 1.12. The van der Waals surface area contributed by atoms with E-state index < -0.39 is 0 Å². The lowest BCUT2D eigenvalue weighted by atomic mass is 10.0. The number of benzene rings is 2. The molecule has 0 spiro atoms. The van der Waals surface area contributed by atoms with Crippen LogP contribution in [0.4, 0.5) is 4.39 Å². The van der Waals surface area contributed by atoms with Crippen LogP contribution in [-0.2, 0) is 6.54 Å². The molecule has 0 N–H and O–H groups in total. The molecule has 0 radical (unpaired) electrons. The van der Waals surface area contributed by atoms with Crippen LogP contribution in [-0.4, -0.2) is 34.8 Å². The van der Waals surface area contributed by atoms with Crippen molar-refractivity contribution >= 4 is 11.6 Å². The molecule has 6 heteroatoms. The summed E-state index contributed by atoms with van der Waals surface area (Å²) in [5, 5.41) is 8.77. The fourth-order valence-electron chi connectivity index (χ4n) is 5.07. The SMILES string of the molecule is Fc1ccc(Cl)c(-c2ccc(OCC3C[C@@H]4CN(Cc5ccccc5)C[C@@H]4C3)nn2)c1. The summed E-state index contributed by atoms with van der Waals surface area (Å²) in [6, 6.07) is 18.5. The number of hydrogen-bond donors (Lipinski definition) is 0. The molecule has 2 aromatic carbocycles. The van der Waals surface area contributed by atoms with Gasteiger partial charge in [-0.1, -0.05) is 41.9 Å². The van der Waals surface area contributed by atoms with Crippen LogP contribution < -0.4 is 4.74 Å². The molecule has 31 heavy (non-hydrogen) atoms. The van der Waals surface area contributed by atoms with E-state index in [0.717, 1.165) is 18.4 Å². The molecule has 5 rings (SSSR count). The first-order valence-electron chi connectivity index (χ1n) is 10.8. The van der Waals surface area contributed by atoms with Crippen LogP contribution in [0, 0.1) is 23.6 Å². The summed E-state index contributed by atoms with van der Waals surface area (Å²) in [5.74, 6) is 2.24. The van der Waals surface area contributed by atoms with Crippen LogP contribution in [0.25, 0.3) is 11.3 Å². The van der Waals surface area contributed by atoms with Crippen molar-refractivity contribution in [1.29, 1.82) is 0 Å². The zero-order chi connectivity index (χ0) is 21.2. The Morgan fingerprint density at radius 3 is 2.45 bits per heavy atom. The molecule has 2 aliphatic rings. The van der Waals surface area contributed by atoms with Gasteiger partial charge in [-0.15, -0.1) is 10.2 Å². The van der Waals surface area contributed by atoms with Gasteiger partial charge in [-0.3, -0.25) is 4.90 Å². The minimum absolute atomic E-state index is 0.351. The van der Waals surface area contributed by atoms with E-state index in [1.807, 2.05) is 0 Å². The molecule has 1 aliphatic heterocycles. The van der Waals surface area contributed by atoms with Gasteiger partial charge in [-0.2, -0.15) is 0 Å². The summed E-state index contributed by atoms with van der Waals surface area (Å²) in [7, 11) is 0. The largest absolute Gasteiger partial charge is 0.476 e. The Morgan fingerprint density at radius 2 is 1.74 bits per heavy atom. The highest BCUT2D eigenvalue weighted by molar-refractivity contribution is 6.33. The van der Waals surface area contributed by atoms with Crippen LogP contribution in [0.1, 0.15) is 18.4 Å². The molecule has 1 saturated carbocycles. The van der Waals surface area contributed by atoms with Gasteiger partial charge in [-0.05, 0) is 60.4 Å². The van der Waals surface area contributed by atoms with Gasteiger partial charge in [0.2, 0.25) is 5.88 Å². The third-order valence-electron chi connectivity index (χ3n) is 6.48. The molecule has 3 atom stereocenters. The van der Waals surface area contributed by atoms with Crippen molar-refractivity contribution in [3.05, 3.63) is 77.1 Å². The predicted molar refractivity (Wildman–Crippen MR) is 119 cm³/mol. The third-order valence-corrected chi connectivity index (χ3v) is 6.81. The summed E-state index contributed by atoms with van der Waals surface area (Å²) in [6.45, 7) is 4.07. The molecule has 4 nitrogen and oxygen atoms in total. The van der Waals surface area contributed by atoms with Gasteiger partial charge in [0, 0.05) is 31.3 Å². The quantitative estimate of drug-likeness (QED) is 0.512. The molecule has 1 saturated heterocycles. The topological polar surface area (TPSA) is 38.2 Å². The smallest absolute Gasteiger partial charge is 0.233 e. The van der Waals surface area contributed by atoms with Gasteiger partial charge < -0.3 is 4.74 Å². The Kier molecular flexibility index (Phi) is 5.88. The van der Waals surface area contributed by atoms with Crippen molar-refractivity contribution in [2.24, 2.45) is 17.8 Å². The molecule has 0 amide bonds. The molecular formula is C25H25ClFN3O. The molecule has 2 fully saturated rings. The number of ether oxygens (including phenoxy) is 1. The van der Waals surface area contributed by atoms with Crippen molar-refractivity contribution in [1.82, 2.24) is 15.1 Å². The standard InChI is InChI=1S/C25H25ClFN3O/c26-23-7-6-21(27)12-22(23)24-8-9-25(29-28-24)31-16-18-10-19-14-30(15-20(19)11-18)13-17-4-2-1-3-5-17/h1-9,12,18-20H,10-11,13-16H2/t18?,19-,20+. The number of fused-ring (bicyclic) bond motifs is 1. The lowest BCUT2D eigenvalue weighted by molar-refractivity contribution is 0.219. The van der Waals surface area contributed by atoms with Gasteiger partial charge in [-0.25, -0.2) is 4.39 Å². The molecule has 0 bridgehead atoms. The normalized spacial score (nSPS) is 23.1. The number of aromatic nitrogens is 2. The van der Waals surface area contributed by atoms with Gasteiger partial charge in [0.05, 0.1) is 17.3 Å². The number of rotatable bonds is 6. The third kappa shape index (κ3) is 4.73. The number of halogens is 2. The summed E-state index contributed by atoms with van der Waals surface area (Å²) in [5.41, 5.74) is 2.46. The van der Waals surface area contributed by atoms with Gasteiger partial charge >= 0.3 is 0 Å². The van der Waals surface area contributed by atoms with E-state index in [9.17, 15) is 4.39 Å². The van der Waals surface area contributed by atoms with Crippen LogP contribution in [0.5, 0.6) is 5.88 Å². The monoisotopic (exact) mass is 437 g/mol. The fraction of sp³-hybridized carbons (Fsp3) is 0.360. The minimum Gasteiger partial charge on any atom is -0.476 e. The lowest BCUT2D eigenvalue weighted by Gasteiger charge is -2.19. The lowest BCUT2D eigenvalue weighted by Crippen LogP contribution is -2.22. The molecule has 160 valence electrons. The van der Waals surface area contributed by atoms with E-state index in [2.05, 4.69) is 45.4 Å². The first-order valence-corrected chi connectivity index (χ1v) is 11.2. The van der Waals surface area contributed by atoms with Crippen molar-refractivity contribution in [3.8, 4) is 17.1 Å². The van der Waals surface area contributed by atoms with Gasteiger partial charge in [0.1, 0.15) is 5.82 Å². The van der Waals surface area contributed by atoms with E-state index in [-0.39, 0.29) is 5.82 Å². The fourth-order valence-corrected chi connectivity index (χ4v) is 5.28. The van der Waals surface area contributed by atoms with Crippen LogP contribution in [0.3, 0.4) is 0 Å². The second-order valence-electron chi connectivity index (χ2n) is 8.73. The van der Waals surface area contributed by atoms with Crippen molar-refractivity contribution in [2.75, 3.05) is 19.7 Å². The highest BCUT2D eigenvalue weighted by Gasteiger charge is 2.40. The maximum Gasteiger partial charge on any atom is 0.233 e. The summed E-state index contributed by atoms with van der Waals surface area (Å²) in [4.78, 5) is 2.59. The van der Waals surface area contributed by atoms with E-state index in [1.54, 1.807) is 12.1 Å². The molecule has 1 aromatic heterocycles. The summed E-state index contributed by atoms with van der Waals surface area (Å²) >= 11 is 6.15. The molecule has 1 aliphatic carbocycles. The molecule has 2 heterocycles. The molecule has 1 unspecified atom stereocenters. The van der Waals surface area contributed by atoms with Crippen molar-refractivity contribution in [2.45, 2.75) is 19.4 Å². The van der Waals surface area contributed by atoms with E-state index in [0.29, 0.717) is 34.7 Å². The minimum atomic E-state index is -0.351. The predicted octanol–water partition coefficient (Wildman–Crippen LogP) is 5.47. The second kappa shape index (κ2) is 8.93. The average Bonchev–Trinajstić information content (AvgIpc) is 3.33. The second-order valence-corrected chi connectivity index (χ2v) is 9.14. The summed E-state index contributed by atoms with van der Waals surface area (Å²) in [6.07, 6.45) is 2.42. The zero-order valence-corrected chi connectivity index (χ0v) is 18.0. The Bertz CT molecular complexity index is 1020. The van der Waals surface area contributed by atoms with Crippen LogP contribution in [0.15, 0.2) is 60.7 Å². The first kappa shape index (κ1) is 20.4. The first-order chi connectivity index (χ1) is 15.1. The highest BCUT2D eigenvalue weighted by Crippen LogP contribution is 2.42. The van der Waals surface area contributed by atoms with Gasteiger partial charge in [0.15, 0.2) is 0 Å². The van der Waals surface area contributed by atoms with E-state index >= 15 is 0 Å². The summed E-state index contributed by atoms with van der Waals surface area (Å²) < 4.78 is 19.4. The maximum atomic E-state index is 13.5. The Morgan fingerprint density at radius 1 is 0.968 bits per heavy atom. The zero-order valence-electron chi connectivity index (χ0n) is 17.3. The Hall–Kier alpha value is -2.50. The van der Waals surface area contributed by atoms with E-state index in [1.165, 1.54) is 49.7 Å². The highest BCUT2D eigenvalue weighted by atomic mass is 35.5. The van der Waals surface area contributed by atoms with Crippen LogP contribution >= 0.6 is 11.6 Å². The van der Waals surface area contributed by atoms with Crippen LogP contribution in [0.2, 0.25) is 5.02 Å². The number of nitrogens with zero attached hydrogens (tertiary/aromatic N) is 3. The van der Waals surface area contributed by atoms with Crippen molar-refractivity contribution in [3.63, 3.8) is 0 Å². The number of hydrogen-bond acceptors (Lipinski definition) is 4. The number of likely N-dealkylation sites (tertiary alicyclic amines) is 1. The molecule has 3 aromatic rings. The van der Waals surface area contributed by atoms with E-state index in [4.69, 9.17) is 16.3 Å².